The molecule has 2 N–H and O–H groups in total. The maximum Gasteiger partial charge on any atom is 0.303 e. The van der Waals surface area contributed by atoms with Gasteiger partial charge in [0.1, 0.15) is 0 Å². The molecule has 30 heavy (non-hydrogen) atoms. The second-order valence-electron chi connectivity index (χ2n) is 8.48. The Labute approximate surface area is 180 Å². The number of carboxylic acid groups (broad SMARTS) is 1. The molecule has 5 nitrogen and oxygen atoms in total. The summed E-state index contributed by atoms with van der Waals surface area (Å²) < 4.78 is 0. The van der Waals surface area contributed by atoms with Gasteiger partial charge in [-0.2, -0.15) is 0 Å². The third kappa shape index (κ3) is 8.70. The van der Waals surface area contributed by atoms with Crippen molar-refractivity contribution in [2.24, 2.45) is 5.92 Å². The van der Waals surface area contributed by atoms with Gasteiger partial charge < -0.3 is 15.1 Å². The summed E-state index contributed by atoms with van der Waals surface area (Å²) in [5.74, 6) is -0.381. The number of benzene rings is 1. The van der Waals surface area contributed by atoms with E-state index in [0.717, 1.165) is 44.9 Å². The monoisotopic (exact) mass is 415 g/mol. The van der Waals surface area contributed by atoms with Gasteiger partial charge >= 0.3 is 5.97 Å². The topological polar surface area (TPSA) is 77.8 Å². The van der Waals surface area contributed by atoms with Gasteiger partial charge in [0.25, 0.3) is 0 Å². The van der Waals surface area contributed by atoms with E-state index in [1.54, 1.807) is 0 Å². The molecule has 3 atom stereocenters. The number of carbonyl (C=O) groups excluding carboxylic acids is 1. The van der Waals surface area contributed by atoms with Crippen LogP contribution in [0.15, 0.2) is 42.5 Å². The molecular formula is C25H37NO4. The summed E-state index contributed by atoms with van der Waals surface area (Å²) in [4.78, 5) is 24.7. The summed E-state index contributed by atoms with van der Waals surface area (Å²) in [5, 5.41) is 19.2. The first kappa shape index (κ1) is 24.1. The number of aliphatic carboxylic acids is 1. The Morgan fingerprint density at radius 3 is 2.63 bits per heavy atom. The first-order valence-electron chi connectivity index (χ1n) is 11.4. The lowest BCUT2D eigenvalue weighted by molar-refractivity contribution is -0.137. The van der Waals surface area contributed by atoms with Crippen molar-refractivity contribution in [3.8, 4) is 0 Å². The van der Waals surface area contributed by atoms with E-state index in [1.807, 2.05) is 23.1 Å². The van der Waals surface area contributed by atoms with Crippen molar-refractivity contribution in [2.75, 3.05) is 6.54 Å². The van der Waals surface area contributed by atoms with E-state index in [-0.39, 0.29) is 24.3 Å². The molecule has 0 bridgehead atoms. The normalized spacial score (nSPS) is 18.8. The molecule has 0 aliphatic carbocycles. The minimum absolute atomic E-state index is 0.0719. The van der Waals surface area contributed by atoms with Crippen LogP contribution >= 0.6 is 0 Å². The molecule has 1 aliphatic heterocycles. The van der Waals surface area contributed by atoms with Gasteiger partial charge in [-0.1, -0.05) is 62.2 Å². The predicted octanol–water partition coefficient (Wildman–Crippen LogP) is 4.59. The third-order valence-electron chi connectivity index (χ3n) is 6.00. The first-order valence-corrected chi connectivity index (χ1v) is 11.4. The molecule has 166 valence electrons. The highest BCUT2D eigenvalue weighted by Crippen LogP contribution is 2.22. The molecule has 0 aromatic heterocycles. The van der Waals surface area contributed by atoms with Crippen molar-refractivity contribution < 1.29 is 19.8 Å². The molecule has 2 rings (SSSR count). The van der Waals surface area contributed by atoms with Crippen molar-refractivity contribution in [1.29, 1.82) is 0 Å². The van der Waals surface area contributed by atoms with Gasteiger partial charge in [-0.3, -0.25) is 9.59 Å². The Morgan fingerprint density at radius 1 is 1.17 bits per heavy atom. The molecule has 1 fully saturated rings. The van der Waals surface area contributed by atoms with E-state index in [2.05, 4.69) is 31.2 Å². The Balaban J connectivity index is 1.70. The zero-order valence-corrected chi connectivity index (χ0v) is 18.2. The molecule has 5 heteroatoms. The van der Waals surface area contributed by atoms with Crippen LogP contribution in [0.3, 0.4) is 0 Å². The summed E-state index contributed by atoms with van der Waals surface area (Å²) in [6.07, 6.45) is 11.4. The lowest BCUT2D eigenvalue weighted by Crippen LogP contribution is -2.33. The number of aliphatic hydroxyl groups is 1. The smallest absolute Gasteiger partial charge is 0.303 e. The standard InChI is InChI=1S/C25H37NO4/c1-20(10-9-13-21-11-5-4-6-12-21)23(27)17-15-22-16-18-24(28)26(22)19-8-3-2-7-14-25(29)30/h4-6,11-12,15,17,20,22-23,27H,2-3,7-10,13-14,16,18-19H2,1H3,(H,29,30)/t20-,22-,23-/m0/s1. The molecule has 1 aliphatic rings. The van der Waals surface area contributed by atoms with E-state index >= 15 is 0 Å². The van der Waals surface area contributed by atoms with Crippen molar-refractivity contribution >= 4 is 11.9 Å². The molecule has 0 unspecified atom stereocenters. The van der Waals surface area contributed by atoms with E-state index in [9.17, 15) is 14.7 Å². The van der Waals surface area contributed by atoms with Crippen LogP contribution in [-0.4, -0.2) is 45.7 Å². The molecule has 0 radical (unpaired) electrons. The fraction of sp³-hybridized carbons (Fsp3) is 0.600. The maximum absolute atomic E-state index is 12.2. The number of likely N-dealkylation sites (tertiary alicyclic amines) is 1. The molecule has 0 spiro atoms. The average Bonchev–Trinajstić information content (AvgIpc) is 3.08. The number of amides is 1. The van der Waals surface area contributed by atoms with E-state index < -0.39 is 12.1 Å². The van der Waals surface area contributed by atoms with Crippen LogP contribution < -0.4 is 0 Å². The summed E-state index contributed by atoms with van der Waals surface area (Å²) in [6.45, 7) is 2.79. The predicted molar refractivity (Wildman–Crippen MR) is 119 cm³/mol. The second-order valence-corrected chi connectivity index (χ2v) is 8.48. The minimum atomic E-state index is -0.747. The Kier molecular flexibility index (Phi) is 10.6. The Morgan fingerprint density at radius 2 is 1.90 bits per heavy atom. The van der Waals surface area contributed by atoms with Crippen molar-refractivity contribution in [3.05, 3.63) is 48.0 Å². The van der Waals surface area contributed by atoms with Crippen LogP contribution in [0.25, 0.3) is 0 Å². The van der Waals surface area contributed by atoms with Gasteiger partial charge in [0.15, 0.2) is 0 Å². The summed E-state index contributed by atoms with van der Waals surface area (Å²) in [7, 11) is 0. The van der Waals surface area contributed by atoms with Gasteiger partial charge in [-0.15, -0.1) is 0 Å². The van der Waals surface area contributed by atoms with Crippen LogP contribution in [0.1, 0.15) is 70.3 Å². The van der Waals surface area contributed by atoms with Crippen molar-refractivity contribution in [1.82, 2.24) is 4.90 Å². The molecule has 1 heterocycles. The van der Waals surface area contributed by atoms with Gasteiger partial charge in [-0.25, -0.2) is 0 Å². The van der Waals surface area contributed by atoms with Crippen LogP contribution in [0.5, 0.6) is 0 Å². The quantitative estimate of drug-likeness (QED) is 0.344. The van der Waals surface area contributed by atoms with Gasteiger partial charge in [0, 0.05) is 19.4 Å². The van der Waals surface area contributed by atoms with Crippen LogP contribution in [0.2, 0.25) is 0 Å². The van der Waals surface area contributed by atoms with Gasteiger partial charge in [0.05, 0.1) is 12.1 Å². The van der Waals surface area contributed by atoms with E-state index in [0.29, 0.717) is 19.4 Å². The number of carbonyl (C=O) groups is 2. The Hall–Kier alpha value is -2.14. The van der Waals surface area contributed by atoms with Gasteiger partial charge in [0.2, 0.25) is 5.91 Å². The van der Waals surface area contributed by atoms with Crippen molar-refractivity contribution in [2.45, 2.75) is 83.3 Å². The highest BCUT2D eigenvalue weighted by Gasteiger charge is 2.28. The summed E-state index contributed by atoms with van der Waals surface area (Å²) in [6, 6.07) is 10.5. The van der Waals surface area contributed by atoms with Crippen LogP contribution in [0.4, 0.5) is 0 Å². The molecule has 1 amide bonds. The Bertz CT molecular complexity index is 673. The highest BCUT2D eigenvalue weighted by molar-refractivity contribution is 5.79. The molecule has 1 aromatic carbocycles. The van der Waals surface area contributed by atoms with E-state index in [4.69, 9.17) is 5.11 Å². The number of unbranched alkanes of at least 4 members (excludes halogenated alkanes) is 3. The highest BCUT2D eigenvalue weighted by atomic mass is 16.4. The third-order valence-corrected chi connectivity index (χ3v) is 6.00. The summed E-state index contributed by atoms with van der Waals surface area (Å²) >= 11 is 0. The zero-order valence-electron chi connectivity index (χ0n) is 18.2. The number of hydrogen-bond donors (Lipinski definition) is 2. The summed E-state index contributed by atoms with van der Waals surface area (Å²) in [5.41, 5.74) is 1.33. The lowest BCUT2D eigenvalue weighted by Gasteiger charge is -2.23. The lowest BCUT2D eigenvalue weighted by atomic mass is 9.95. The number of aliphatic hydroxyl groups excluding tert-OH is 1. The fourth-order valence-corrected chi connectivity index (χ4v) is 4.03. The second kappa shape index (κ2) is 13.2. The number of carboxylic acids is 1. The number of aryl methyl sites for hydroxylation is 1. The molecule has 0 saturated carbocycles. The SMILES string of the molecule is C[C@@H](CCCc1ccccc1)[C@@H](O)C=C[C@H]1CCC(=O)N1CCCCCCC(=O)O. The maximum atomic E-state index is 12.2. The largest absolute Gasteiger partial charge is 0.481 e. The zero-order chi connectivity index (χ0) is 21.8. The van der Waals surface area contributed by atoms with Gasteiger partial charge in [-0.05, 0) is 50.0 Å². The van der Waals surface area contributed by atoms with Crippen LogP contribution in [0, 0.1) is 5.92 Å². The number of hydrogen-bond acceptors (Lipinski definition) is 3. The average molecular weight is 416 g/mol. The number of rotatable bonds is 14. The van der Waals surface area contributed by atoms with E-state index in [1.165, 1.54) is 5.56 Å². The van der Waals surface area contributed by atoms with Crippen molar-refractivity contribution in [3.63, 3.8) is 0 Å². The minimum Gasteiger partial charge on any atom is -0.481 e. The van der Waals surface area contributed by atoms with Crippen LogP contribution in [-0.2, 0) is 16.0 Å². The molecule has 1 saturated heterocycles. The molecule has 1 aromatic rings. The fourth-order valence-electron chi connectivity index (χ4n) is 4.03. The number of nitrogens with zero attached hydrogens (tertiary/aromatic N) is 1. The first-order chi connectivity index (χ1) is 14.5. The molecular weight excluding hydrogens is 378 g/mol.